The lowest BCUT2D eigenvalue weighted by atomic mass is 10.3. The summed E-state index contributed by atoms with van der Waals surface area (Å²) in [6.45, 7) is 5.58. The van der Waals surface area contributed by atoms with Crippen molar-refractivity contribution in [2.75, 3.05) is 0 Å². The van der Waals surface area contributed by atoms with Gasteiger partial charge in [0.25, 0.3) is 5.91 Å². The summed E-state index contributed by atoms with van der Waals surface area (Å²) < 4.78 is 6.45. The number of ether oxygens (including phenoxy) is 1. The molecule has 0 bridgehead atoms. The van der Waals surface area contributed by atoms with E-state index in [0.717, 1.165) is 4.47 Å². The zero-order valence-electron chi connectivity index (χ0n) is 9.66. The molecule has 0 radical (unpaired) electrons. The Kier molecular flexibility index (Phi) is 4.80. The number of carbonyl (C=O) groups is 1. The first-order valence-corrected chi connectivity index (χ1v) is 6.01. The van der Waals surface area contributed by atoms with E-state index in [4.69, 9.17) is 4.74 Å². The molecule has 1 N–H and O–H groups in total. The molecular formula is C12H16BrNO2. The number of benzene rings is 1. The fraction of sp³-hybridized carbons (Fsp3) is 0.417. The van der Waals surface area contributed by atoms with Gasteiger partial charge in [0.05, 0.1) is 0 Å². The van der Waals surface area contributed by atoms with Gasteiger partial charge in [0, 0.05) is 10.5 Å². The van der Waals surface area contributed by atoms with E-state index in [1.54, 1.807) is 6.92 Å². The van der Waals surface area contributed by atoms with Gasteiger partial charge in [-0.1, -0.05) is 22.0 Å². The van der Waals surface area contributed by atoms with Crippen molar-refractivity contribution in [1.82, 2.24) is 5.32 Å². The van der Waals surface area contributed by atoms with Gasteiger partial charge in [-0.15, -0.1) is 0 Å². The molecule has 0 aliphatic rings. The van der Waals surface area contributed by atoms with Gasteiger partial charge < -0.3 is 10.1 Å². The van der Waals surface area contributed by atoms with Crippen LogP contribution < -0.4 is 10.1 Å². The molecule has 0 saturated heterocycles. The minimum Gasteiger partial charge on any atom is -0.481 e. The molecule has 0 heterocycles. The van der Waals surface area contributed by atoms with Crippen molar-refractivity contribution in [3.63, 3.8) is 0 Å². The van der Waals surface area contributed by atoms with Crippen molar-refractivity contribution >= 4 is 21.8 Å². The molecule has 0 aliphatic carbocycles. The van der Waals surface area contributed by atoms with Gasteiger partial charge in [0.15, 0.2) is 6.10 Å². The molecule has 1 rings (SSSR count). The maximum atomic E-state index is 11.6. The van der Waals surface area contributed by atoms with Gasteiger partial charge in [-0.2, -0.15) is 0 Å². The second-order valence-corrected chi connectivity index (χ2v) is 4.80. The van der Waals surface area contributed by atoms with E-state index in [0.29, 0.717) is 5.75 Å². The Morgan fingerprint density at radius 1 is 1.38 bits per heavy atom. The predicted molar refractivity (Wildman–Crippen MR) is 67.5 cm³/mol. The molecule has 16 heavy (non-hydrogen) atoms. The van der Waals surface area contributed by atoms with E-state index in [1.165, 1.54) is 0 Å². The van der Waals surface area contributed by atoms with Gasteiger partial charge in [-0.05, 0) is 39.0 Å². The highest BCUT2D eigenvalue weighted by molar-refractivity contribution is 9.10. The third-order valence-electron chi connectivity index (χ3n) is 1.91. The standard InChI is InChI=1S/C12H16BrNO2/c1-8(2)14-12(15)9(3)16-11-6-4-5-10(13)7-11/h4-9H,1-3H3,(H,14,15)/t9-/m0/s1. The quantitative estimate of drug-likeness (QED) is 0.924. The third kappa shape index (κ3) is 4.23. The largest absolute Gasteiger partial charge is 0.481 e. The minimum atomic E-state index is -0.489. The lowest BCUT2D eigenvalue weighted by Gasteiger charge is -2.16. The summed E-state index contributed by atoms with van der Waals surface area (Å²) in [5, 5.41) is 2.80. The Labute approximate surface area is 104 Å². The number of hydrogen-bond donors (Lipinski definition) is 1. The molecule has 0 fully saturated rings. The number of amides is 1. The molecule has 1 atom stereocenters. The van der Waals surface area contributed by atoms with Crippen LogP contribution in [-0.2, 0) is 4.79 Å². The number of hydrogen-bond acceptors (Lipinski definition) is 2. The van der Waals surface area contributed by atoms with Crippen LogP contribution in [0.2, 0.25) is 0 Å². The molecule has 0 saturated carbocycles. The predicted octanol–water partition coefficient (Wildman–Crippen LogP) is 2.74. The topological polar surface area (TPSA) is 38.3 Å². The number of halogens is 1. The summed E-state index contributed by atoms with van der Waals surface area (Å²) in [5.41, 5.74) is 0. The van der Waals surface area contributed by atoms with E-state index < -0.39 is 6.10 Å². The fourth-order valence-corrected chi connectivity index (χ4v) is 1.58. The van der Waals surface area contributed by atoms with Gasteiger partial charge in [-0.3, -0.25) is 4.79 Å². The van der Waals surface area contributed by atoms with Crippen LogP contribution in [0.25, 0.3) is 0 Å². The lowest BCUT2D eigenvalue weighted by molar-refractivity contribution is -0.127. The molecule has 0 aliphatic heterocycles. The first-order valence-electron chi connectivity index (χ1n) is 5.21. The van der Waals surface area contributed by atoms with Crippen molar-refractivity contribution in [2.24, 2.45) is 0 Å². The van der Waals surface area contributed by atoms with Crippen LogP contribution in [0.3, 0.4) is 0 Å². The van der Waals surface area contributed by atoms with Crippen molar-refractivity contribution in [2.45, 2.75) is 32.9 Å². The lowest BCUT2D eigenvalue weighted by Crippen LogP contribution is -2.40. The Hall–Kier alpha value is -1.03. The minimum absolute atomic E-state index is 0.102. The van der Waals surface area contributed by atoms with Crippen LogP contribution in [0.15, 0.2) is 28.7 Å². The van der Waals surface area contributed by atoms with Gasteiger partial charge in [0.2, 0.25) is 0 Å². The van der Waals surface area contributed by atoms with Crippen LogP contribution in [0.4, 0.5) is 0 Å². The molecule has 1 amide bonds. The van der Waals surface area contributed by atoms with Crippen molar-refractivity contribution < 1.29 is 9.53 Å². The first kappa shape index (κ1) is 13.0. The van der Waals surface area contributed by atoms with Gasteiger partial charge >= 0.3 is 0 Å². The zero-order valence-corrected chi connectivity index (χ0v) is 11.2. The van der Waals surface area contributed by atoms with Gasteiger partial charge in [0.1, 0.15) is 5.75 Å². The Balaban J connectivity index is 2.57. The summed E-state index contributed by atoms with van der Waals surface area (Å²) >= 11 is 3.35. The maximum Gasteiger partial charge on any atom is 0.260 e. The fourth-order valence-electron chi connectivity index (χ4n) is 1.20. The molecule has 0 unspecified atom stereocenters. The normalized spacial score (nSPS) is 12.3. The molecule has 1 aromatic carbocycles. The number of carbonyl (C=O) groups excluding carboxylic acids is 1. The molecule has 4 heteroatoms. The first-order chi connectivity index (χ1) is 7.49. The Bertz CT molecular complexity index is 366. The maximum absolute atomic E-state index is 11.6. The summed E-state index contributed by atoms with van der Waals surface area (Å²) in [4.78, 5) is 11.6. The zero-order chi connectivity index (χ0) is 12.1. The van der Waals surface area contributed by atoms with Crippen molar-refractivity contribution in [3.05, 3.63) is 28.7 Å². The van der Waals surface area contributed by atoms with E-state index in [-0.39, 0.29) is 11.9 Å². The van der Waals surface area contributed by atoms with E-state index in [1.807, 2.05) is 38.1 Å². The van der Waals surface area contributed by atoms with E-state index in [2.05, 4.69) is 21.2 Å². The average molecular weight is 286 g/mol. The Morgan fingerprint density at radius 2 is 2.06 bits per heavy atom. The van der Waals surface area contributed by atoms with Crippen LogP contribution in [0.1, 0.15) is 20.8 Å². The highest BCUT2D eigenvalue weighted by Gasteiger charge is 2.15. The van der Waals surface area contributed by atoms with Crippen molar-refractivity contribution in [1.29, 1.82) is 0 Å². The van der Waals surface area contributed by atoms with Crippen LogP contribution in [0.5, 0.6) is 5.75 Å². The second kappa shape index (κ2) is 5.89. The smallest absolute Gasteiger partial charge is 0.260 e. The summed E-state index contributed by atoms with van der Waals surface area (Å²) in [6, 6.07) is 7.56. The monoisotopic (exact) mass is 285 g/mol. The number of rotatable bonds is 4. The molecule has 88 valence electrons. The third-order valence-corrected chi connectivity index (χ3v) is 2.40. The molecule has 1 aromatic rings. The Morgan fingerprint density at radius 3 is 2.62 bits per heavy atom. The van der Waals surface area contributed by atoms with Crippen LogP contribution >= 0.6 is 15.9 Å². The molecule has 0 aromatic heterocycles. The summed E-state index contributed by atoms with van der Waals surface area (Å²) in [7, 11) is 0. The highest BCUT2D eigenvalue weighted by Crippen LogP contribution is 2.18. The van der Waals surface area contributed by atoms with E-state index >= 15 is 0 Å². The SMILES string of the molecule is CC(C)NC(=O)[C@H](C)Oc1cccc(Br)c1. The van der Waals surface area contributed by atoms with Crippen LogP contribution in [-0.4, -0.2) is 18.1 Å². The average Bonchev–Trinajstić information content (AvgIpc) is 2.16. The molecule has 0 spiro atoms. The number of nitrogens with one attached hydrogen (secondary N) is 1. The summed E-state index contributed by atoms with van der Waals surface area (Å²) in [6.07, 6.45) is -0.489. The molecular weight excluding hydrogens is 270 g/mol. The van der Waals surface area contributed by atoms with Crippen LogP contribution in [0, 0.1) is 0 Å². The highest BCUT2D eigenvalue weighted by atomic mass is 79.9. The summed E-state index contributed by atoms with van der Waals surface area (Å²) in [5.74, 6) is 0.579. The van der Waals surface area contributed by atoms with E-state index in [9.17, 15) is 4.79 Å². The van der Waals surface area contributed by atoms with Crippen molar-refractivity contribution in [3.8, 4) is 5.75 Å². The second-order valence-electron chi connectivity index (χ2n) is 3.88. The van der Waals surface area contributed by atoms with Gasteiger partial charge in [-0.25, -0.2) is 0 Å². The molecule has 3 nitrogen and oxygen atoms in total.